The quantitative estimate of drug-likeness (QED) is 0.554. The molecular weight excluding hydrogens is 298 g/mol. The van der Waals surface area contributed by atoms with Crippen molar-refractivity contribution in [2.75, 3.05) is 20.3 Å². The topological polar surface area (TPSA) is 89.0 Å². The highest BCUT2D eigenvalue weighted by molar-refractivity contribution is 5.85. The number of hydrogen-bond donors (Lipinski definition) is 2. The molecule has 0 saturated heterocycles. The summed E-state index contributed by atoms with van der Waals surface area (Å²) in [6.45, 7) is 2.32. The van der Waals surface area contributed by atoms with Crippen LogP contribution in [-0.2, 0) is 9.59 Å². The summed E-state index contributed by atoms with van der Waals surface area (Å²) < 4.78 is 10.7. The molecule has 0 spiro atoms. The molecule has 1 aliphatic carbocycles. The number of nitrogens with one attached hydrogen (secondary N) is 2. The van der Waals surface area contributed by atoms with Gasteiger partial charge in [-0.15, -0.1) is 0 Å². The Morgan fingerprint density at radius 3 is 2.78 bits per heavy atom. The van der Waals surface area contributed by atoms with Gasteiger partial charge in [-0.1, -0.05) is 0 Å². The van der Waals surface area contributed by atoms with E-state index >= 15 is 0 Å². The Morgan fingerprint density at radius 1 is 1.35 bits per heavy atom. The van der Waals surface area contributed by atoms with Crippen molar-refractivity contribution in [1.29, 1.82) is 0 Å². The molecule has 2 rings (SSSR count). The van der Waals surface area contributed by atoms with E-state index in [0.717, 1.165) is 18.4 Å². The number of nitrogens with zero attached hydrogens (tertiary/aromatic N) is 1. The van der Waals surface area contributed by atoms with Crippen LogP contribution >= 0.6 is 0 Å². The number of amides is 2. The molecule has 0 aromatic heterocycles. The van der Waals surface area contributed by atoms with Crippen molar-refractivity contribution in [2.24, 2.45) is 11.0 Å². The Balaban J connectivity index is 1.93. The number of carbonyl (C=O) groups excluding carboxylic acids is 2. The summed E-state index contributed by atoms with van der Waals surface area (Å²) in [5, 5.41) is 6.57. The predicted octanol–water partition coefficient (Wildman–Crippen LogP) is 1.07. The van der Waals surface area contributed by atoms with E-state index in [9.17, 15) is 9.59 Å². The van der Waals surface area contributed by atoms with Gasteiger partial charge in [0.25, 0.3) is 5.91 Å². The zero-order chi connectivity index (χ0) is 16.7. The van der Waals surface area contributed by atoms with Crippen molar-refractivity contribution in [2.45, 2.75) is 19.8 Å². The van der Waals surface area contributed by atoms with E-state index in [2.05, 4.69) is 15.8 Å². The standard InChI is InChI=1S/C16H21N3O4/c1-3-17-15(20)10-23-13-7-4-11(8-14(13)22-2)9-18-19-16(21)12-5-6-12/h4,7-9,12H,3,5-6,10H2,1-2H3,(H,17,20)(H,19,21)/b18-9+. The molecule has 2 amide bonds. The lowest BCUT2D eigenvalue weighted by Crippen LogP contribution is -2.28. The van der Waals surface area contributed by atoms with Crippen molar-refractivity contribution in [1.82, 2.24) is 10.7 Å². The molecule has 2 N–H and O–H groups in total. The van der Waals surface area contributed by atoms with Gasteiger partial charge in [0.1, 0.15) is 0 Å². The summed E-state index contributed by atoms with van der Waals surface area (Å²) >= 11 is 0. The largest absolute Gasteiger partial charge is 0.493 e. The fourth-order valence-corrected chi connectivity index (χ4v) is 1.88. The van der Waals surface area contributed by atoms with Gasteiger partial charge in [0, 0.05) is 12.5 Å². The molecule has 124 valence electrons. The molecule has 0 radical (unpaired) electrons. The lowest BCUT2D eigenvalue weighted by atomic mass is 10.2. The number of benzene rings is 1. The second-order valence-electron chi connectivity index (χ2n) is 5.16. The minimum atomic E-state index is -0.192. The van der Waals surface area contributed by atoms with E-state index in [-0.39, 0.29) is 24.3 Å². The highest BCUT2D eigenvalue weighted by Crippen LogP contribution is 2.29. The van der Waals surface area contributed by atoms with Crippen molar-refractivity contribution in [3.8, 4) is 11.5 Å². The van der Waals surface area contributed by atoms with Gasteiger partial charge in [0.05, 0.1) is 13.3 Å². The van der Waals surface area contributed by atoms with Crippen LogP contribution in [0.5, 0.6) is 11.5 Å². The summed E-state index contributed by atoms with van der Waals surface area (Å²) in [7, 11) is 1.52. The number of hydrazone groups is 1. The Kier molecular flexibility index (Phi) is 5.96. The monoisotopic (exact) mass is 319 g/mol. The van der Waals surface area contributed by atoms with Gasteiger partial charge < -0.3 is 14.8 Å². The van der Waals surface area contributed by atoms with Gasteiger partial charge >= 0.3 is 0 Å². The molecule has 0 atom stereocenters. The third kappa shape index (κ3) is 5.28. The summed E-state index contributed by atoms with van der Waals surface area (Å²) in [5.74, 6) is 0.842. The molecule has 7 nitrogen and oxygen atoms in total. The van der Waals surface area contributed by atoms with Crippen LogP contribution in [-0.4, -0.2) is 38.3 Å². The van der Waals surface area contributed by atoms with Crippen LogP contribution in [0.15, 0.2) is 23.3 Å². The van der Waals surface area contributed by atoms with E-state index in [0.29, 0.717) is 18.0 Å². The second-order valence-corrected chi connectivity index (χ2v) is 5.16. The highest BCUT2D eigenvalue weighted by Gasteiger charge is 2.29. The lowest BCUT2D eigenvalue weighted by Gasteiger charge is -2.11. The molecule has 0 heterocycles. The van der Waals surface area contributed by atoms with Gasteiger partial charge in [-0.3, -0.25) is 9.59 Å². The summed E-state index contributed by atoms with van der Waals surface area (Å²) in [4.78, 5) is 22.9. The van der Waals surface area contributed by atoms with Crippen LogP contribution in [0.3, 0.4) is 0 Å². The molecular formula is C16H21N3O4. The molecule has 1 aliphatic rings. The molecule has 0 bridgehead atoms. The second kappa shape index (κ2) is 8.17. The van der Waals surface area contributed by atoms with Crippen LogP contribution in [0.2, 0.25) is 0 Å². The van der Waals surface area contributed by atoms with E-state index in [1.165, 1.54) is 13.3 Å². The van der Waals surface area contributed by atoms with Gasteiger partial charge in [-0.05, 0) is 43.5 Å². The molecule has 1 aromatic carbocycles. The number of hydrogen-bond acceptors (Lipinski definition) is 5. The van der Waals surface area contributed by atoms with Crippen molar-refractivity contribution in [3.05, 3.63) is 23.8 Å². The number of rotatable bonds is 8. The van der Waals surface area contributed by atoms with Crippen LogP contribution in [0.4, 0.5) is 0 Å². The van der Waals surface area contributed by atoms with Gasteiger partial charge in [-0.2, -0.15) is 5.10 Å². The normalized spacial score (nSPS) is 13.7. The van der Waals surface area contributed by atoms with Gasteiger partial charge in [0.15, 0.2) is 18.1 Å². The summed E-state index contributed by atoms with van der Waals surface area (Å²) in [5.41, 5.74) is 3.26. The first-order valence-corrected chi connectivity index (χ1v) is 7.54. The third-order valence-electron chi connectivity index (χ3n) is 3.26. The lowest BCUT2D eigenvalue weighted by molar-refractivity contribution is -0.123. The highest BCUT2D eigenvalue weighted by atomic mass is 16.5. The molecule has 1 fully saturated rings. The average molecular weight is 319 g/mol. The minimum Gasteiger partial charge on any atom is -0.493 e. The Bertz CT molecular complexity index is 597. The molecule has 7 heteroatoms. The molecule has 0 aliphatic heterocycles. The van der Waals surface area contributed by atoms with Gasteiger partial charge in [-0.25, -0.2) is 5.43 Å². The maximum atomic E-state index is 11.5. The molecule has 23 heavy (non-hydrogen) atoms. The third-order valence-corrected chi connectivity index (χ3v) is 3.26. The maximum Gasteiger partial charge on any atom is 0.257 e. The van der Waals surface area contributed by atoms with Crippen molar-refractivity contribution < 1.29 is 19.1 Å². The zero-order valence-electron chi connectivity index (χ0n) is 13.3. The van der Waals surface area contributed by atoms with E-state index in [1.807, 2.05) is 6.92 Å². The number of likely N-dealkylation sites (N-methyl/N-ethyl adjacent to an activating group) is 1. The summed E-state index contributed by atoms with van der Waals surface area (Å²) in [6.07, 6.45) is 3.41. The number of carbonyl (C=O) groups is 2. The SMILES string of the molecule is CCNC(=O)COc1ccc(/C=N/NC(=O)C2CC2)cc1OC. The Labute approximate surface area is 135 Å². The van der Waals surface area contributed by atoms with Crippen LogP contribution in [0.1, 0.15) is 25.3 Å². The van der Waals surface area contributed by atoms with E-state index in [1.54, 1.807) is 18.2 Å². The van der Waals surface area contributed by atoms with Crippen LogP contribution in [0, 0.1) is 5.92 Å². The first-order chi connectivity index (χ1) is 11.1. The van der Waals surface area contributed by atoms with Crippen LogP contribution < -0.4 is 20.2 Å². The van der Waals surface area contributed by atoms with Crippen molar-refractivity contribution in [3.63, 3.8) is 0 Å². The first kappa shape index (κ1) is 16.8. The van der Waals surface area contributed by atoms with Gasteiger partial charge in [0.2, 0.25) is 5.91 Å². The van der Waals surface area contributed by atoms with Crippen LogP contribution in [0.25, 0.3) is 0 Å². The number of ether oxygens (including phenoxy) is 2. The van der Waals surface area contributed by atoms with E-state index in [4.69, 9.17) is 9.47 Å². The smallest absolute Gasteiger partial charge is 0.257 e. The number of methoxy groups -OCH3 is 1. The molecule has 0 unspecified atom stereocenters. The zero-order valence-corrected chi connectivity index (χ0v) is 13.3. The Morgan fingerprint density at radius 2 is 2.13 bits per heavy atom. The fourth-order valence-electron chi connectivity index (χ4n) is 1.88. The minimum absolute atomic E-state index is 0.0462. The fraction of sp³-hybridized carbons (Fsp3) is 0.438. The maximum absolute atomic E-state index is 11.5. The molecule has 1 saturated carbocycles. The van der Waals surface area contributed by atoms with Crippen molar-refractivity contribution >= 4 is 18.0 Å². The molecule has 1 aromatic rings. The Hall–Kier alpha value is -2.57. The first-order valence-electron chi connectivity index (χ1n) is 7.54. The average Bonchev–Trinajstić information content (AvgIpc) is 3.38. The predicted molar refractivity (Wildman–Crippen MR) is 85.6 cm³/mol. The summed E-state index contributed by atoms with van der Waals surface area (Å²) in [6, 6.07) is 5.18. The van der Waals surface area contributed by atoms with E-state index < -0.39 is 0 Å².